The summed E-state index contributed by atoms with van der Waals surface area (Å²) in [7, 11) is 0. The second-order valence-electron chi connectivity index (χ2n) is 3.41. The number of aryl methyl sites for hydroxylation is 1. The van der Waals surface area contributed by atoms with Crippen LogP contribution in [0.3, 0.4) is 0 Å². The third-order valence-corrected chi connectivity index (χ3v) is 2.13. The Morgan fingerprint density at radius 2 is 2.36 bits per heavy atom. The van der Waals surface area contributed by atoms with E-state index < -0.39 is 0 Å². The van der Waals surface area contributed by atoms with Crippen molar-refractivity contribution in [3.05, 3.63) is 29.6 Å². The molecule has 0 radical (unpaired) electrons. The summed E-state index contributed by atoms with van der Waals surface area (Å²) in [5, 5.41) is 0. The van der Waals surface area contributed by atoms with Gasteiger partial charge in [-0.25, -0.2) is 0 Å². The number of hydrogen-bond acceptors (Lipinski definition) is 2. The molecule has 0 aromatic carbocycles. The normalized spacial score (nSPS) is 12.1. The Morgan fingerprint density at radius 1 is 1.57 bits per heavy atom. The number of terminal acetylenes is 1. The van der Waals surface area contributed by atoms with Crippen LogP contribution in [0.4, 0.5) is 0 Å². The molecular formula is C12H16N2. The lowest BCUT2D eigenvalue weighted by molar-refractivity contribution is 0.605. The number of nitrogens with zero attached hydrogens (tertiary/aromatic N) is 1. The summed E-state index contributed by atoms with van der Waals surface area (Å²) in [6.07, 6.45) is 7.83. The molecule has 0 aliphatic rings. The van der Waals surface area contributed by atoms with Gasteiger partial charge < -0.3 is 5.73 Å². The predicted molar refractivity (Wildman–Crippen MR) is 58.6 cm³/mol. The number of aromatic nitrogens is 1. The zero-order chi connectivity index (χ0) is 10.4. The van der Waals surface area contributed by atoms with Crippen LogP contribution in [0.2, 0.25) is 0 Å². The summed E-state index contributed by atoms with van der Waals surface area (Å²) >= 11 is 0. The third kappa shape index (κ3) is 3.20. The topological polar surface area (TPSA) is 38.9 Å². The molecule has 1 rings (SSSR count). The highest BCUT2D eigenvalue weighted by atomic mass is 14.8. The summed E-state index contributed by atoms with van der Waals surface area (Å²) in [5.41, 5.74) is 7.94. The van der Waals surface area contributed by atoms with Gasteiger partial charge in [0.15, 0.2) is 0 Å². The van der Waals surface area contributed by atoms with Gasteiger partial charge in [-0.15, -0.1) is 12.3 Å². The molecular weight excluding hydrogens is 172 g/mol. The van der Waals surface area contributed by atoms with Gasteiger partial charge in [0, 0.05) is 18.2 Å². The van der Waals surface area contributed by atoms with Gasteiger partial charge in [-0.2, -0.15) is 0 Å². The van der Waals surface area contributed by atoms with Crippen LogP contribution in [0.5, 0.6) is 0 Å². The first kappa shape index (κ1) is 10.7. The van der Waals surface area contributed by atoms with Crippen molar-refractivity contribution in [1.29, 1.82) is 0 Å². The van der Waals surface area contributed by atoms with E-state index >= 15 is 0 Å². The van der Waals surface area contributed by atoms with E-state index in [0.717, 1.165) is 30.7 Å². The van der Waals surface area contributed by atoms with Crippen molar-refractivity contribution in [2.75, 3.05) is 0 Å². The van der Waals surface area contributed by atoms with Gasteiger partial charge >= 0.3 is 0 Å². The molecule has 74 valence electrons. The third-order valence-electron chi connectivity index (χ3n) is 2.13. The van der Waals surface area contributed by atoms with Gasteiger partial charge in [-0.1, -0.05) is 6.07 Å². The van der Waals surface area contributed by atoms with Crippen molar-refractivity contribution in [3.63, 3.8) is 0 Å². The molecule has 1 atom stereocenters. The van der Waals surface area contributed by atoms with Crippen LogP contribution < -0.4 is 5.73 Å². The average molecular weight is 188 g/mol. The molecule has 1 unspecified atom stereocenters. The maximum atomic E-state index is 5.97. The zero-order valence-corrected chi connectivity index (χ0v) is 8.53. The largest absolute Gasteiger partial charge is 0.323 e. The number of rotatable bonds is 4. The molecule has 0 saturated carbocycles. The molecule has 1 aromatic heterocycles. The van der Waals surface area contributed by atoms with Gasteiger partial charge in [0.1, 0.15) is 0 Å². The van der Waals surface area contributed by atoms with E-state index in [-0.39, 0.29) is 6.04 Å². The Morgan fingerprint density at radius 3 is 3.00 bits per heavy atom. The molecule has 0 saturated heterocycles. The highest BCUT2D eigenvalue weighted by Crippen LogP contribution is 2.14. The predicted octanol–water partition coefficient (Wildman–Crippen LogP) is 2.19. The van der Waals surface area contributed by atoms with Gasteiger partial charge in [-0.05, 0) is 31.9 Å². The molecule has 2 N–H and O–H groups in total. The summed E-state index contributed by atoms with van der Waals surface area (Å²) in [4.78, 5) is 4.38. The summed E-state index contributed by atoms with van der Waals surface area (Å²) in [5.74, 6) is 2.61. The molecule has 1 aromatic rings. The lowest BCUT2D eigenvalue weighted by Crippen LogP contribution is -2.12. The van der Waals surface area contributed by atoms with E-state index in [9.17, 15) is 0 Å². The number of nitrogens with two attached hydrogens (primary N) is 1. The Bertz CT molecular complexity index is 325. The lowest BCUT2D eigenvalue weighted by Gasteiger charge is -2.10. The average Bonchev–Trinajstić information content (AvgIpc) is 2.18. The molecule has 2 nitrogen and oxygen atoms in total. The highest BCUT2D eigenvalue weighted by Gasteiger charge is 2.06. The van der Waals surface area contributed by atoms with E-state index in [1.165, 1.54) is 0 Å². The fourth-order valence-electron chi connectivity index (χ4n) is 1.34. The fraction of sp³-hybridized carbons (Fsp3) is 0.417. The molecule has 2 heteroatoms. The van der Waals surface area contributed by atoms with Gasteiger partial charge in [0.2, 0.25) is 0 Å². The van der Waals surface area contributed by atoms with E-state index in [2.05, 4.69) is 10.9 Å². The van der Waals surface area contributed by atoms with Crippen molar-refractivity contribution >= 4 is 0 Å². The quantitative estimate of drug-likeness (QED) is 0.581. The molecule has 0 aliphatic heterocycles. The van der Waals surface area contributed by atoms with Crippen LogP contribution in [0.25, 0.3) is 0 Å². The minimum atomic E-state index is 0.0169. The van der Waals surface area contributed by atoms with Crippen LogP contribution in [0, 0.1) is 19.3 Å². The van der Waals surface area contributed by atoms with Crippen LogP contribution in [0.15, 0.2) is 18.2 Å². The van der Waals surface area contributed by atoms with E-state index in [1.54, 1.807) is 0 Å². The van der Waals surface area contributed by atoms with Gasteiger partial charge in [-0.3, -0.25) is 4.98 Å². The molecule has 0 amide bonds. The van der Waals surface area contributed by atoms with Gasteiger partial charge in [0.25, 0.3) is 0 Å². The Hall–Kier alpha value is -1.33. The Labute approximate surface area is 85.5 Å². The first-order valence-corrected chi connectivity index (χ1v) is 4.86. The van der Waals surface area contributed by atoms with E-state index in [1.807, 2.05) is 25.1 Å². The van der Waals surface area contributed by atoms with Gasteiger partial charge in [0.05, 0.1) is 5.69 Å². The minimum absolute atomic E-state index is 0.0169. The molecule has 0 fully saturated rings. The maximum absolute atomic E-state index is 5.97. The number of pyridine rings is 1. The number of unbranched alkanes of at least 4 members (excludes halogenated alkanes) is 1. The fourth-order valence-corrected chi connectivity index (χ4v) is 1.34. The Kier molecular flexibility index (Phi) is 4.15. The first-order chi connectivity index (χ1) is 6.74. The van der Waals surface area contributed by atoms with Crippen LogP contribution in [-0.2, 0) is 0 Å². The molecule has 1 heterocycles. The SMILES string of the molecule is C#CCCCC(N)c1cccc(C)n1. The standard InChI is InChI=1S/C12H16N2/c1-3-4-5-8-11(13)12-9-6-7-10(2)14-12/h1,6-7,9,11H,4-5,8,13H2,2H3. The second-order valence-corrected chi connectivity index (χ2v) is 3.41. The number of hydrogen-bond donors (Lipinski definition) is 1. The van der Waals surface area contributed by atoms with Crippen molar-refractivity contribution in [2.45, 2.75) is 32.2 Å². The molecule has 0 aliphatic carbocycles. The molecule has 0 spiro atoms. The smallest absolute Gasteiger partial charge is 0.0574 e. The van der Waals surface area contributed by atoms with E-state index in [4.69, 9.17) is 12.2 Å². The van der Waals surface area contributed by atoms with Crippen molar-refractivity contribution in [1.82, 2.24) is 4.98 Å². The zero-order valence-electron chi connectivity index (χ0n) is 8.53. The first-order valence-electron chi connectivity index (χ1n) is 4.86. The van der Waals surface area contributed by atoms with E-state index in [0.29, 0.717) is 0 Å². The summed E-state index contributed by atoms with van der Waals surface area (Å²) in [6.45, 7) is 1.97. The summed E-state index contributed by atoms with van der Waals surface area (Å²) < 4.78 is 0. The monoisotopic (exact) mass is 188 g/mol. The summed E-state index contributed by atoms with van der Waals surface area (Å²) in [6, 6.07) is 5.94. The second kappa shape index (κ2) is 5.41. The minimum Gasteiger partial charge on any atom is -0.323 e. The lowest BCUT2D eigenvalue weighted by atomic mass is 10.1. The van der Waals surface area contributed by atoms with Crippen LogP contribution in [0.1, 0.15) is 36.7 Å². The van der Waals surface area contributed by atoms with Crippen LogP contribution in [-0.4, -0.2) is 4.98 Å². The highest BCUT2D eigenvalue weighted by molar-refractivity contribution is 5.12. The molecule has 0 bridgehead atoms. The van der Waals surface area contributed by atoms with Crippen molar-refractivity contribution in [3.8, 4) is 12.3 Å². The van der Waals surface area contributed by atoms with Crippen molar-refractivity contribution < 1.29 is 0 Å². The Balaban J connectivity index is 2.52. The van der Waals surface area contributed by atoms with Crippen molar-refractivity contribution in [2.24, 2.45) is 5.73 Å². The maximum Gasteiger partial charge on any atom is 0.0574 e. The molecule has 14 heavy (non-hydrogen) atoms. The van der Waals surface area contributed by atoms with Crippen LogP contribution >= 0.6 is 0 Å².